The smallest absolute Gasteiger partial charge is 0.222 e. The number of likely N-dealkylation sites (tertiary alicyclic amines) is 1. The van der Waals surface area contributed by atoms with Crippen LogP contribution in [-0.2, 0) is 11.2 Å². The number of nitrogens with one attached hydrogen (secondary N) is 1. The molecule has 0 unspecified atom stereocenters. The van der Waals surface area contributed by atoms with E-state index in [0.29, 0.717) is 12.3 Å². The van der Waals surface area contributed by atoms with Crippen molar-refractivity contribution >= 4 is 33.3 Å². The van der Waals surface area contributed by atoms with Crippen LogP contribution in [0.25, 0.3) is 10.2 Å². The molecule has 3 rings (SSSR count). The van der Waals surface area contributed by atoms with E-state index in [1.807, 2.05) is 4.90 Å². The molecule has 0 spiro atoms. The van der Waals surface area contributed by atoms with Crippen molar-refractivity contribution in [2.45, 2.75) is 45.4 Å². The Bertz CT molecular complexity index is 670. The van der Waals surface area contributed by atoms with Gasteiger partial charge in [-0.2, -0.15) is 0 Å². The van der Waals surface area contributed by atoms with Crippen LogP contribution < -0.4 is 5.32 Å². The molecule has 0 atom stereocenters. The second kappa shape index (κ2) is 7.73. The van der Waals surface area contributed by atoms with E-state index in [0.717, 1.165) is 61.4 Å². The van der Waals surface area contributed by atoms with Gasteiger partial charge in [0.2, 0.25) is 5.91 Å². The van der Waals surface area contributed by atoms with E-state index in [4.69, 9.17) is 0 Å². The first-order chi connectivity index (χ1) is 11.3. The van der Waals surface area contributed by atoms with Crippen molar-refractivity contribution in [2.75, 3.05) is 25.0 Å². The number of thiophene rings is 1. The molecule has 23 heavy (non-hydrogen) atoms. The predicted molar refractivity (Wildman–Crippen MR) is 94.9 cm³/mol. The Morgan fingerprint density at radius 2 is 2.22 bits per heavy atom. The molecule has 1 fully saturated rings. The Labute approximate surface area is 141 Å². The third kappa shape index (κ3) is 3.99. The van der Waals surface area contributed by atoms with Gasteiger partial charge in [-0.3, -0.25) is 4.79 Å². The van der Waals surface area contributed by atoms with Crippen LogP contribution in [0.1, 0.15) is 43.9 Å². The van der Waals surface area contributed by atoms with Gasteiger partial charge in [-0.05, 0) is 31.7 Å². The molecule has 0 aromatic carbocycles. The summed E-state index contributed by atoms with van der Waals surface area (Å²) in [6, 6.07) is 2.18. The first kappa shape index (κ1) is 16.2. The molecule has 0 bridgehead atoms. The summed E-state index contributed by atoms with van der Waals surface area (Å²) in [7, 11) is 0. The fraction of sp³-hybridized carbons (Fsp3) is 0.588. The van der Waals surface area contributed by atoms with Crippen LogP contribution in [0.5, 0.6) is 0 Å². The summed E-state index contributed by atoms with van der Waals surface area (Å²) in [5.41, 5.74) is 0. The monoisotopic (exact) mass is 332 g/mol. The molecule has 0 radical (unpaired) electrons. The molecule has 5 nitrogen and oxygen atoms in total. The lowest BCUT2D eigenvalue weighted by Gasteiger charge is -2.20. The molecule has 1 saturated heterocycles. The van der Waals surface area contributed by atoms with Crippen LogP contribution in [0.15, 0.2) is 12.4 Å². The van der Waals surface area contributed by atoms with Crippen LogP contribution >= 0.6 is 11.3 Å². The molecule has 1 N–H and O–H groups in total. The summed E-state index contributed by atoms with van der Waals surface area (Å²) >= 11 is 1.73. The van der Waals surface area contributed by atoms with Gasteiger partial charge < -0.3 is 10.2 Å². The van der Waals surface area contributed by atoms with Crippen molar-refractivity contribution in [2.24, 2.45) is 0 Å². The highest BCUT2D eigenvalue weighted by atomic mass is 32.1. The quantitative estimate of drug-likeness (QED) is 0.823. The molecular formula is C17H24N4OS. The van der Waals surface area contributed by atoms with E-state index in [2.05, 4.69) is 28.3 Å². The Hall–Kier alpha value is -1.69. The van der Waals surface area contributed by atoms with Crippen LogP contribution in [0.2, 0.25) is 0 Å². The molecule has 6 heteroatoms. The van der Waals surface area contributed by atoms with Gasteiger partial charge in [0.05, 0.1) is 5.39 Å². The van der Waals surface area contributed by atoms with Gasteiger partial charge in [0.25, 0.3) is 0 Å². The van der Waals surface area contributed by atoms with E-state index >= 15 is 0 Å². The van der Waals surface area contributed by atoms with Crippen LogP contribution in [0, 0.1) is 0 Å². The van der Waals surface area contributed by atoms with Crippen LogP contribution in [0.4, 0.5) is 5.82 Å². The Kier molecular flexibility index (Phi) is 5.43. The van der Waals surface area contributed by atoms with Crippen molar-refractivity contribution in [3.8, 4) is 0 Å². The molecule has 1 amide bonds. The summed E-state index contributed by atoms with van der Waals surface area (Å²) in [5, 5.41) is 4.52. The minimum atomic E-state index is 0.317. The van der Waals surface area contributed by atoms with E-state index in [-0.39, 0.29) is 0 Å². The normalized spacial score (nSPS) is 15.9. The number of carbonyl (C=O) groups is 1. The van der Waals surface area contributed by atoms with Gasteiger partial charge in [-0.1, -0.05) is 13.3 Å². The summed E-state index contributed by atoms with van der Waals surface area (Å²) in [5.74, 6) is 1.23. The van der Waals surface area contributed by atoms with Gasteiger partial charge in [-0.15, -0.1) is 11.3 Å². The Morgan fingerprint density at radius 3 is 3.09 bits per heavy atom. The van der Waals surface area contributed by atoms with E-state index in [1.165, 1.54) is 11.3 Å². The minimum Gasteiger partial charge on any atom is -0.369 e. The third-order valence-corrected chi connectivity index (χ3v) is 5.48. The zero-order valence-corrected chi connectivity index (χ0v) is 14.5. The lowest BCUT2D eigenvalue weighted by atomic mass is 10.2. The number of nitrogens with zero attached hydrogens (tertiary/aromatic N) is 3. The Balaban J connectivity index is 1.54. The molecule has 2 aromatic rings. The van der Waals surface area contributed by atoms with Crippen molar-refractivity contribution < 1.29 is 4.79 Å². The number of carbonyl (C=O) groups excluding carboxylic acids is 1. The molecule has 124 valence electrons. The van der Waals surface area contributed by atoms with Crippen LogP contribution in [-0.4, -0.2) is 40.4 Å². The number of anilines is 1. The fourth-order valence-electron chi connectivity index (χ4n) is 2.97. The number of hydrogen-bond acceptors (Lipinski definition) is 5. The number of aryl methyl sites for hydroxylation is 1. The standard InChI is InChI=1S/C17H24N4OS/c1-2-13-11-14-16(19-12-20-17(14)23-13)18-8-6-10-21-9-5-3-4-7-15(21)22/h11-12H,2-10H2,1H3,(H,18,19,20). The highest BCUT2D eigenvalue weighted by Crippen LogP contribution is 2.28. The predicted octanol–water partition coefficient (Wildman–Crippen LogP) is 3.46. The second-order valence-corrected chi connectivity index (χ2v) is 7.09. The molecule has 2 aromatic heterocycles. The summed E-state index contributed by atoms with van der Waals surface area (Å²) in [6.45, 7) is 4.74. The topological polar surface area (TPSA) is 58.1 Å². The number of amides is 1. The molecule has 1 aliphatic rings. The third-order valence-electron chi connectivity index (χ3n) is 4.30. The SMILES string of the molecule is CCc1cc2c(NCCCN3CCCCCC3=O)ncnc2s1. The van der Waals surface area contributed by atoms with Gasteiger partial charge in [-0.25, -0.2) is 9.97 Å². The second-order valence-electron chi connectivity index (χ2n) is 5.98. The average Bonchev–Trinajstić information content (AvgIpc) is 2.89. The molecular weight excluding hydrogens is 308 g/mol. The number of rotatable bonds is 6. The number of fused-ring (bicyclic) bond motifs is 1. The zero-order chi connectivity index (χ0) is 16.1. The van der Waals surface area contributed by atoms with Crippen molar-refractivity contribution in [1.29, 1.82) is 0 Å². The van der Waals surface area contributed by atoms with Crippen molar-refractivity contribution in [1.82, 2.24) is 14.9 Å². The average molecular weight is 332 g/mol. The van der Waals surface area contributed by atoms with Crippen molar-refractivity contribution in [3.63, 3.8) is 0 Å². The maximum absolute atomic E-state index is 12.0. The maximum Gasteiger partial charge on any atom is 0.222 e. The summed E-state index contributed by atoms with van der Waals surface area (Å²) < 4.78 is 0. The summed E-state index contributed by atoms with van der Waals surface area (Å²) in [4.78, 5) is 25.1. The lowest BCUT2D eigenvalue weighted by Crippen LogP contribution is -2.32. The van der Waals surface area contributed by atoms with Gasteiger partial charge in [0.1, 0.15) is 17.0 Å². The molecule has 0 aliphatic carbocycles. The zero-order valence-electron chi connectivity index (χ0n) is 13.7. The minimum absolute atomic E-state index is 0.317. The van der Waals surface area contributed by atoms with Gasteiger partial charge in [0.15, 0.2) is 0 Å². The van der Waals surface area contributed by atoms with Crippen molar-refractivity contribution in [3.05, 3.63) is 17.3 Å². The lowest BCUT2D eigenvalue weighted by molar-refractivity contribution is -0.130. The van der Waals surface area contributed by atoms with Crippen LogP contribution in [0.3, 0.4) is 0 Å². The van der Waals surface area contributed by atoms with E-state index < -0.39 is 0 Å². The highest BCUT2D eigenvalue weighted by molar-refractivity contribution is 7.18. The first-order valence-electron chi connectivity index (χ1n) is 8.53. The molecule has 1 aliphatic heterocycles. The number of hydrogen-bond donors (Lipinski definition) is 1. The van der Waals surface area contributed by atoms with E-state index in [9.17, 15) is 4.79 Å². The van der Waals surface area contributed by atoms with Gasteiger partial charge >= 0.3 is 0 Å². The van der Waals surface area contributed by atoms with E-state index in [1.54, 1.807) is 17.7 Å². The number of aromatic nitrogens is 2. The van der Waals surface area contributed by atoms with Gasteiger partial charge in [0, 0.05) is 30.9 Å². The molecule has 3 heterocycles. The fourth-order valence-corrected chi connectivity index (χ4v) is 3.91. The molecule has 0 saturated carbocycles. The highest BCUT2D eigenvalue weighted by Gasteiger charge is 2.15. The maximum atomic E-state index is 12.0. The first-order valence-corrected chi connectivity index (χ1v) is 9.34. The summed E-state index contributed by atoms with van der Waals surface area (Å²) in [6.07, 6.45) is 7.68. The largest absolute Gasteiger partial charge is 0.369 e. The Morgan fingerprint density at radius 1 is 1.30 bits per heavy atom.